The second-order valence-corrected chi connectivity index (χ2v) is 6.95. The Balaban J connectivity index is 2.19. The molecule has 1 N–H and O–H groups in total. The Bertz CT molecular complexity index is 1070. The van der Waals surface area contributed by atoms with Crippen LogP contribution in [0.5, 0.6) is 5.75 Å². The van der Waals surface area contributed by atoms with Crippen molar-refractivity contribution in [2.45, 2.75) is 18.3 Å². The van der Waals surface area contributed by atoms with Gasteiger partial charge in [-0.15, -0.1) is 0 Å². The third kappa shape index (κ3) is 4.46. The Hall–Kier alpha value is -3.75. The average molecular weight is 437 g/mol. The van der Waals surface area contributed by atoms with E-state index in [0.717, 1.165) is 5.56 Å². The van der Waals surface area contributed by atoms with Gasteiger partial charge in [0.25, 0.3) is 5.69 Å². The molecule has 8 heteroatoms. The molecule has 0 heterocycles. The standard InChI is InChI=1S/C24H23NO7/c1-30-19-14-12-18(13-15-19)24(23(27)31-2,32-16-17-8-4-3-5-9-17)22(26)20-10-6-7-11-21(20)25(28)29/h3-15,22,26H,16H2,1-2H3/t22-,24-/m0/s1. The lowest BCUT2D eigenvalue weighted by Gasteiger charge is -2.35. The molecule has 0 aliphatic heterocycles. The molecule has 0 radical (unpaired) electrons. The summed E-state index contributed by atoms with van der Waals surface area (Å²) in [5.74, 6) is -0.375. The maximum atomic E-state index is 13.2. The van der Waals surface area contributed by atoms with Crippen LogP contribution in [0.25, 0.3) is 0 Å². The molecule has 0 saturated heterocycles. The summed E-state index contributed by atoms with van der Waals surface area (Å²) in [4.78, 5) is 24.2. The highest BCUT2D eigenvalue weighted by Gasteiger charge is 2.52. The van der Waals surface area contributed by atoms with Gasteiger partial charge in [0.2, 0.25) is 5.60 Å². The summed E-state index contributed by atoms with van der Waals surface area (Å²) >= 11 is 0. The first-order valence-corrected chi connectivity index (χ1v) is 9.76. The number of carbonyl (C=O) groups is 1. The molecule has 32 heavy (non-hydrogen) atoms. The van der Waals surface area contributed by atoms with Crippen LogP contribution < -0.4 is 4.74 Å². The lowest BCUT2D eigenvalue weighted by molar-refractivity contribution is -0.386. The molecule has 166 valence electrons. The number of hydrogen-bond acceptors (Lipinski definition) is 7. The smallest absolute Gasteiger partial charge is 0.346 e. The molecule has 0 aliphatic rings. The van der Waals surface area contributed by atoms with E-state index in [9.17, 15) is 20.0 Å². The first kappa shape index (κ1) is 22.9. The summed E-state index contributed by atoms with van der Waals surface area (Å²) < 4.78 is 16.3. The SMILES string of the molecule is COC(=O)[C@](OCc1ccccc1)(c1ccc(OC)cc1)[C@@H](O)c1ccccc1[N+](=O)[O-]. The molecule has 0 aliphatic carbocycles. The third-order valence-electron chi connectivity index (χ3n) is 5.13. The van der Waals surface area contributed by atoms with Crippen LogP contribution in [-0.2, 0) is 26.5 Å². The van der Waals surface area contributed by atoms with Crippen molar-refractivity contribution in [1.82, 2.24) is 0 Å². The number of carbonyl (C=O) groups excluding carboxylic acids is 1. The number of hydrogen-bond donors (Lipinski definition) is 1. The Labute approximate surface area is 185 Å². The van der Waals surface area contributed by atoms with E-state index in [-0.39, 0.29) is 23.4 Å². The molecule has 8 nitrogen and oxygen atoms in total. The zero-order valence-corrected chi connectivity index (χ0v) is 17.6. The summed E-state index contributed by atoms with van der Waals surface area (Å²) in [6.45, 7) is -0.0559. The minimum absolute atomic E-state index is 0.0559. The van der Waals surface area contributed by atoms with Crippen LogP contribution in [0.4, 0.5) is 5.69 Å². The molecule has 0 unspecified atom stereocenters. The highest BCUT2D eigenvalue weighted by atomic mass is 16.6. The lowest BCUT2D eigenvalue weighted by atomic mass is 9.83. The molecular weight excluding hydrogens is 414 g/mol. The van der Waals surface area contributed by atoms with Crippen molar-refractivity contribution < 1.29 is 29.0 Å². The molecule has 3 aromatic carbocycles. The van der Waals surface area contributed by atoms with Gasteiger partial charge in [-0.2, -0.15) is 0 Å². The highest BCUT2D eigenvalue weighted by Crippen LogP contribution is 2.43. The predicted molar refractivity (Wildman–Crippen MR) is 116 cm³/mol. The maximum Gasteiger partial charge on any atom is 0.346 e. The van der Waals surface area contributed by atoms with E-state index >= 15 is 0 Å². The number of aliphatic hydroxyl groups is 1. The molecule has 0 amide bonds. The number of esters is 1. The summed E-state index contributed by atoms with van der Waals surface area (Å²) in [7, 11) is 2.66. The molecule has 0 bridgehead atoms. The van der Waals surface area contributed by atoms with E-state index in [1.807, 2.05) is 18.2 Å². The first-order valence-electron chi connectivity index (χ1n) is 9.76. The number of nitro groups is 1. The van der Waals surface area contributed by atoms with E-state index < -0.39 is 22.6 Å². The van der Waals surface area contributed by atoms with Gasteiger partial charge in [-0.25, -0.2) is 4.79 Å². The van der Waals surface area contributed by atoms with Crippen LogP contribution in [0, 0.1) is 10.1 Å². The van der Waals surface area contributed by atoms with E-state index in [1.165, 1.54) is 32.4 Å². The lowest BCUT2D eigenvalue weighted by Crippen LogP contribution is -2.45. The van der Waals surface area contributed by atoms with E-state index in [0.29, 0.717) is 5.75 Å². The van der Waals surface area contributed by atoms with E-state index in [4.69, 9.17) is 14.2 Å². The molecule has 0 saturated carbocycles. The van der Waals surface area contributed by atoms with Crippen LogP contribution in [0.2, 0.25) is 0 Å². The van der Waals surface area contributed by atoms with Gasteiger partial charge in [0.05, 0.1) is 31.3 Å². The van der Waals surface area contributed by atoms with Crippen molar-refractivity contribution in [3.8, 4) is 5.75 Å². The molecule has 3 rings (SSSR count). The summed E-state index contributed by atoms with van der Waals surface area (Å²) in [5, 5.41) is 23.1. The molecular formula is C24H23NO7. The third-order valence-corrected chi connectivity index (χ3v) is 5.13. The minimum Gasteiger partial charge on any atom is -0.497 e. The number of rotatable bonds is 9. The number of nitrogens with zero attached hydrogens (tertiary/aromatic N) is 1. The van der Waals surface area contributed by atoms with Gasteiger partial charge in [0.15, 0.2) is 0 Å². The van der Waals surface area contributed by atoms with Gasteiger partial charge in [0.1, 0.15) is 11.9 Å². The molecule has 0 spiro atoms. The topological polar surface area (TPSA) is 108 Å². The Morgan fingerprint density at radius 1 is 1.00 bits per heavy atom. The summed E-state index contributed by atoms with van der Waals surface area (Å²) in [6.07, 6.45) is -1.74. The van der Waals surface area contributed by atoms with E-state index in [1.54, 1.807) is 42.5 Å². The van der Waals surface area contributed by atoms with Gasteiger partial charge >= 0.3 is 5.97 Å². The monoisotopic (exact) mass is 437 g/mol. The average Bonchev–Trinajstić information content (AvgIpc) is 2.84. The first-order chi connectivity index (χ1) is 15.4. The quantitative estimate of drug-likeness (QED) is 0.307. The van der Waals surface area contributed by atoms with Crippen LogP contribution in [0.3, 0.4) is 0 Å². The number of ether oxygens (including phenoxy) is 3. The predicted octanol–water partition coefficient (Wildman–Crippen LogP) is 3.92. The van der Waals surface area contributed by atoms with Crippen molar-refractivity contribution in [3.05, 3.63) is 106 Å². The van der Waals surface area contributed by atoms with Crippen LogP contribution in [0.1, 0.15) is 22.8 Å². The second kappa shape index (κ2) is 10.0. The Morgan fingerprint density at radius 2 is 1.62 bits per heavy atom. The highest BCUT2D eigenvalue weighted by molar-refractivity contribution is 5.83. The van der Waals surface area contributed by atoms with Gasteiger partial charge in [-0.3, -0.25) is 10.1 Å². The maximum absolute atomic E-state index is 13.2. The summed E-state index contributed by atoms with van der Waals surface area (Å²) in [5.41, 5.74) is -1.50. The van der Waals surface area contributed by atoms with Crippen molar-refractivity contribution in [3.63, 3.8) is 0 Å². The normalized spacial score (nSPS) is 13.6. The van der Waals surface area contributed by atoms with Gasteiger partial charge < -0.3 is 19.3 Å². The van der Waals surface area contributed by atoms with Gasteiger partial charge in [-0.1, -0.05) is 54.6 Å². The number of aliphatic hydroxyl groups excluding tert-OH is 1. The Kier molecular flexibility index (Phi) is 7.19. The zero-order valence-electron chi connectivity index (χ0n) is 17.6. The van der Waals surface area contributed by atoms with Crippen LogP contribution >= 0.6 is 0 Å². The van der Waals surface area contributed by atoms with Gasteiger partial charge in [-0.05, 0) is 29.3 Å². The van der Waals surface area contributed by atoms with Crippen molar-refractivity contribution >= 4 is 11.7 Å². The van der Waals surface area contributed by atoms with Crippen LogP contribution in [0.15, 0.2) is 78.9 Å². The fourth-order valence-electron chi connectivity index (χ4n) is 3.47. The number of methoxy groups -OCH3 is 2. The molecule has 3 aromatic rings. The largest absolute Gasteiger partial charge is 0.497 e. The molecule has 0 fully saturated rings. The van der Waals surface area contributed by atoms with Gasteiger partial charge in [0, 0.05) is 6.07 Å². The number of benzene rings is 3. The molecule has 0 aromatic heterocycles. The van der Waals surface area contributed by atoms with Crippen molar-refractivity contribution in [2.24, 2.45) is 0 Å². The molecule has 2 atom stereocenters. The van der Waals surface area contributed by atoms with E-state index in [2.05, 4.69) is 0 Å². The number of para-hydroxylation sites is 1. The van der Waals surface area contributed by atoms with Crippen LogP contribution in [-0.4, -0.2) is 30.2 Å². The number of nitro benzene ring substituents is 1. The summed E-state index contributed by atoms with van der Waals surface area (Å²) in [6, 6.07) is 21.0. The minimum atomic E-state index is -2.08. The fourth-order valence-corrected chi connectivity index (χ4v) is 3.47. The zero-order chi connectivity index (χ0) is 23.1. The van der Waals surface area contributed by atoms with Crippen molar-refractivity contribution in [2.75, 3.05) is 14.2 Å². The Morgan fingerprint density at radius 3 is 2.22 bits per heavy atom. The van der Waals surface area contributed by atoms with Crippen molar-refractivity contribution in [1.29, 1.82) is 0 Å². The second-order valence-electron chi connectivity index (χ2n) is 6.95. The fraction of sp³-hybridized carbons (Fsp3) is 0.208.